The number of carbonyl (C=O) groups is 1. The number of hydrogen-bond donors (Lipinski definition) is 1. The van der Waals surface area contributed by atoms with Gasteiger partial charge in [-0.15, -0.1) is 0 Å². The zero-order valence-corrected chi connectivity index (χ0v) is 11.7. The Morgan fingerprint density at radius 2 is 2.28 bits per heavy atom. The fourth-order valence-electron chi connectivity index (χ4n) is 1.66. The SMILES string of the molecule is COC(=O)C(CC(C)C)NCc1ccncc1Cl. The van der Waals surface area contributed by atoms with Crippen LogP contribution in [0.15, 0.2) is 18.5 Å². The number of ether oxygens (including phenoxy) is 1. The number of nitrogens with one attached hydrogen (secondary N) is 1. The minimum absolute atomic E-state index is 0.242. The van der Waals surface area contributed by atoms with Crippen molar-refractivity contribution in [2.45, 2.75) is 32.9 Å². The molecule has 5 heteroatoms. The normalized spacial score (nSPS) is 12.5. The number of nitrogens with zero attached hydrogens (tertiary/aromatic N) is 1. The third-order valence-corrected chi connectivity index (χ3v) is 2.93. The molecule has 100 valence electrons. The van der Waals surface area contributed by atoms with Crippen LogP contribution in [0.2, 0.25) is 5.02 Å². The van der Waals surface area contributed by atoms with Gasteiger partial charge in [-0.05, 0) is 24.0 Å². The molecule has 0 aliphatic heterocycles. The summed E-state index contributed by atoms with van der Waals surface area (Å²) in [5.74, 6) is 0.170. The van der Waals surface area contributed by atoms with Gasteiger partial charge in [-0.2, -0.15) is 0 Å². The van der Waals surface area contributed by atoms with Gasteiger partial charge in [0, 0.05) is 18.9 Å². The maximum Gasteiger partial charge on any atom is 0.322 e. The first kappa shape index (κ1) is 14.9. The van der Waals surface area contributed by atoms with Crippen molar-refractivity contribution in [3.05, 3.63) is 29.0 Å². The molecule has 0 fully saturated rings. The average Bonchev–Trinajstić information content (AvgIpc) is 2.34. The summed E-state index contributed by atoms with van der Waals surface area (Å²) in [6, 6.07) is 1.53. The van der Waals surface area contributed by atoms with Crippen molar-refractivity contribution >= 4 is 17.6 Å². The fraction of sp³-hybridized carbons (Fsp3) is 0.538. The van der Waals surface area contributed by atoms with Crippen LogP contribution in [-0.2, 0) is 16.1 Å². The summed E-state index contributed by atoms with van der Waals surface area (Å²) in [4.78, 5) is 15.5. The Balaban J connectivity index is 2.62. The van der Waals surface area contributed by atoms with Crippen molar-refractivity contribution < 1.29 is 9.53 Å². The molecular formula is C13H19ClN2O2. The molecule has 1 unspecified atom stereocenters. The van der Waals surface area contributed by atoms with Gasteiger partial charge in [-0.25, -0.2) is 0 Å². The third kappa shape index (κ3) is 4.63. The molecule has 0 bridgehead atoms. The van der Waals surface area contributed by atoms with E-state index in [1.807, 2.05) is 6.07 Å². The molecule has 0 spiro atoms. The first-order valence-electron chi connectivity index (χ1n) is 5.94. The van der Waals surface area contributed by atoms with E-state index < -0.39 is 0 Å². The van der Waals surface area contributed by atoms with Gasteiger partial charge in [0.2, 0.25) is 0 Å². The lowest BCUT2D eigenvalue weighted by atomic mass is 10.0. The van der Waals surface area contributed by atoms with E-state index >= 15 is 0 Å². The highest BCUT2D eigenvalue weighted by Crippen LogP contribution is 2.14. The molecule has 1 rings (SSSR count). The number of methoxy groups -OCH3 is 1. The number of aromatic nitrogens is 1. The monoisotopic (exact) mass is 270 g/mol. The van der Waals surface area contributed by atoms with Gasteiger partial charge in [0.1, 0.15) is 6.04 Å². The smallest absolute Gasteiger partial charge is 0.322 e. The predicted octanol–water partition coefficient (Wildman–Crippen LogP) is 2.41. The Bertz CT molecular complexity index is 396. The predicted molar refractivity (Wildman–Crippen MR) is 71.3 cm³/mol. The number of halogens is 1. The van der Waals surface area contributed by atoms with Gasteiger partial charge < -0.3 is 10.1 Å². The quantitative estimate of drug-likeness (QED) is 0.807. The Labute approximate surface area is 113 Å². The molecule has 1 atom stereocenters. The van der Waals surface area contributed by atoms with Gasteiger partial charge in [-0.3, -0.25) is 9.78 Å². The number of esters is 1. The van der Waals surface area contributed by atoms with Crippen LogP contribution in [0.3, 0.4) is 0 Å². The van der Waals surface area contributed by atoms with Crippen LogP contribution in [0.25, 0.3) is 0 Å². The van der Waals surface area contributed by atoms with Gasteiger partial charge in [0.15, 0.2) is 0 Å². The highest BCUT2D eigenvalue weighted by molar-refractivity contribution is 6.31. The van der Waals surface area contributed by atoms with Crippen LogP contribution in [0.4, 0.5) is 0 Å². The highest BCUT2D eigenvalue weighted by Gasteiger charge is 2.19. The van der Waals surface area contributed by atoms with Gasteiger partial charge in [0.25, 0.3) is 0 Å². The maximum atomic E-state index is 11.6. The van der Waals surface area contributed by atoms with Crippen molar-refractivity contribution in [2.75, 3.05) is 7.11 Å². The second-order valence-electron chi connectivity index (χ2n) is 4.55. The lowest BCUT2D eigenvalue weighted by Crippen LogP contribution is -2.38. The van der Waals surface area contributed by atoms with E-state index in [0.717, 1.165) is 12.0 Å². The second kappa shape index (κ2) is 7.34. The lowest BCUT2D eigenvalue weighted by Gasteiger charge is -2.18. The van der Waals surface area contributed by atoms with Crippen molar-refractivity contribution in [3.63, 3.8) is 0 Å². The summed E-state index contributed by atoms with van der Waals surface area (Å²) >= 11 is 6.01. The van der Waals surface area contributed by atoms with E-state index in [4.69, 9.17) is 16.3 Å². The summed E-state index contributed by atoms with van der Waals surface area (Å²) in [5.41, 5.74) is 0.921. The Kier molecular flexibility index (Phi) is 6.09. The van der Waals surface area contributed by atoms with E-state index in [0.29, 0.717) is 17.5 Å². The van der Waals surface area contributed by atoms with Gasteiger partial charge in [-0.1, -0.05) is 25.4 Å². The number of carbonyl (C=O) groups excluding carboxylic acids is 1. The first-order valence-corrected chi connectivity index (χ1v) is 6.32. The summed E-state index contributed by atoms with van der Waals surface area (Å²) in [6.07, 6.45) is 4.00. The first-order chi connectivity index (χ1) is 8.54. The van der Waals surface area contributed by atoms with Crippen LogP contribution in [0.5, 0.6) is 0 Å². The molecule has 1 aromatic rings. The van der Waals surface area contributed by atoms with E-state index in [9.17, 15) is 4.79 Å². The van der Waals surface area contributed by atoms with Gasteiger partial charge >= 0.3 is 5.97 Å². The Morgan fingerprint density at radius 3 is 2.83 bits per heavy atom. The molecule has 0 saturated heterocycles. The molecular weight excluding hydrogens is 252 g/mol. The largest absolute Gasteiger partial charge is 0.468 e. The highest BCUT2D eigenvalue weighted by atomic mass is 35.5. The molecule has 1 heterocycles. The second-order valence-corrected chi connectivity index (χ2v) is 4.96. The molecule has 18 heavy (non-hydrogen) atoms. The van der Waals surface area contributed by atoms with E-state index in [1.54, 1.807) is 12.4 Å². The minimum atomic E-state index is -0.306. The molecule has 0 aliphatic rings. The fourth-order valence-corrected chi connectivity index (χ4v) is 1.84. The van der Waals surface area contributed by atoms with E-state index in [2.05, 4.69) is 24.1 Å². The van der Waals surface area contributed by atoms with Crippen LogP contribution < -0.4 is 5.32 Å². The molecule has 0 saturated carbocycles. The molecule has 0 aliphatic carbocycles. The third-order valence-electron chi connectivity index (χ3n) is 2.59. The van der Waals surface area contributed by atoms with Crippen molar-refractivity contribution in [1.29, 1.82) is 0 Å². The minimum Gasteiger partial charge on any atom is -0.468 e. The average molecular weight is 271 g/mol. The van der Waals surface area contributed by atoms with Crippen LogP contribution in [-0.4, -0.2) is 24.1 Å². The maximum absolute atomic E-state index is 11.6. The summed E-state index contributed by atoms with van der Waals surface area (Å²) in [6.45, 7) is 4.65. The molecule has 0 aromatic carbocycles. The molecule has 4 nitrogen and oxygen atoms in total. The van der Waals surface area contributed by atoms with Crippen molar-refractivity contribution in [2.24, 2.45) is 5.92 Å². The van der Waals surface area contributed by atoms with Crippen LogP contribution in [0.1, 0.15) is 25.8 Å². The van der Waals surface area contributed by atoms with Gasteiger partial charge in [0.05, 0.1) is 12.1 Å². The van der Waals surface area contributed by atoms with E-state index in [-0.39, 0.29) is 12.0 Å². The molecule has 0 amide bonds. The Hall–Kier alpha value is -1.13. The Morgan fingerprint density at radius 1 is 1.56 bits per heavy atom. The van der Waals surface area contributed by atoms with Crippen LogP contribution in [0, 0.1) is 5.92 Å². The van der Waals surface area contributed by atoms with Crippen LogP contribution >= 0.6 is 11.6 Å². The number of rotatable bonds is 6. The summed E-state index contributed by atoms with van der Waals surface area (Å²) < 4.78 is 4.79. The molecule has 1 N–H and O–H groups in total. The lowest BCUT2D eigenvalue weighted by molar-refractivity contribution is -0.143. The standard InChI is InChI=1S/C13H19ClN2O2/c1-9(2)6-12(13(17)18-3)16-7-10-4-5-15-8-11(10)14/h4-5,8-9,12,16H,6-7H2,1-3H3. The number of hydrogen-bond acceptors (Lipinski definition) is 4. The van der Waals surface area contributed by atoms with Crippen molar-refractivity contribution in [1.82, 2.24) is 10.3 Å². The van der Waals surface area contributed by atoms with E-state index in [1.165, 1.54) is 7.11 Å². The zero-order chi connectivity index (χ0) is 13.5. The zero-order valence-electron chi connectivity index (χ0n) is 10.9. The topological polar surface area (TPSA) is 51.2 Å². The molecule has 0 radical (unpaired) electrons. The summed E-state index contributed by atoms with van der Waals surface area (Å²) in [5, 5.41) is 3.77. The summed E-state index contributed by atoms with van der Waals surface area (Å²) in [7, 11) is 1.40. The number of pyridine rings is 1. The molecule has 1 aromatic heterocycles. The van der Waals surface area contributed by atoms with Crippen molar-refractivity contribution in [3.8, 4) is 0 Å².